The topological polar surface area (TPSA) is 0 Å². The second-order valence-electron chi connectivity index (χ2n) is 3.63. The van der Waals surface area contributed by atoms with Gasteiger partial charge in [0, 0.05) is 0 Å². The van der Waals surface area contributed by atoms with Crippen molar-refractivity contribution in [3.8, 4) is 0 Å². The van der Waals surface area contributed by atoms with Crippen LogP contribution >= 0.6 is 0 Å². The predicted molar refractivity (Wildman–Crippen MR) is 58.9 cm³/mol. The summed E-state index contributed by atoms with van der Waals surface area (Å²) in [4.78, 5) is 0. The van der Waals surface area contributed by atoms with Crippen LogP contribution in [0.1, 0.15) is 25.0 Å². The third-order valence-corrected chi connectivity index (χ3v) is 2.32. The van der Waals surface area contributed by atoms with Gasteiger partial charge < -0.3 is 0 Å². The Morgan fingerprint density at radius 1 is 1.31 bits per heavy atom. The molecule has 0 heteroatoms. The average Bonchev–Trinajstić information content (AvgIpc) is 2.09. The van der Waals surface area contributed by atoms with Crippen molar-refractivity contribution in [2.24, 2.45) is 5.92 Å². The number of aryl methyl sites for hydroxylation is 1. The highest BCUT2D eigenvalue weighted by Gasteiger charge is 2.01. The van der Waals surface area contributed by atoms with E-state index < -0.39 is 0 Å². The van der Waals surface area contributed by atoms with E-state index in [2.05, 4.69) is 57.2 Å². The van der Waals surface area contributed by atoms with Crippen molar-refractivity contribution in [1.82, 2.24) is 0 Å². The van der Waals surface area contributed by atoms with Crippen LogP contribution in [0.2, 0.25) is 0 Å². The maximum Gasteiger partial charge on any atom is -0.0216 e. The fourth-order valence-corrected chi connectivity index (χ4v) is 1.58. The first-order chi connectivity index (χ1) is 6.24. The first kappa shape index (κ1) is 10.0. The van der Waals surface area contributed by atoms with Gasteiger partial charge in [-0.3, -0.25) is 0 Å². The molecule has 0 aromatic heterocycles. The minimum absolute atomic E-state index is 0.645. The maximum atomic E-state index is 2.26. The molecule has 1 aromatic carbocycles. The van der Waals surface area contributed by atoms with Gasteiger partial charge in [0.25, 0.3) is 0 Å². The van der Waals surface area contributed by atoms with Crippen LogP contribution in [0.4, 0.5) is 0 Å². The molecule has 0 aliphatic heterocycles. The molecule has 0 saturated carbocycles. The molecular formula is C13H18. The molecule has 13 heavy (non-hydrogen) atoms. The summed E-state index contributed by atoms with van der Waals surface area (Å²) in [6, 6.07) is 8.61. The Bertz CT molecular complexity index is 284. The molecule has 0 aliphatic carbocycles. The molecule has 0 radical (unpaired) electrons. The largest absolute Gasteiger partial charge is 0.0914 e. The van der Waals surface area contributed by atoms with Crippen LogP contribution in [-0.4, -0.2) is 0 Å². The highest BCUT2D eigenvalue weighted by molar-refractivity contribution is 5.26. The maximum absolute atomic E-state index is 2.26. The lowest BCUT2D eigenvalue weighted by Gasteiger charge is -2.08. The van der Waals surface area contributed by atoms with Gasteiger partial charge in [0.15, 0.2) is 0 Å². The fourth-order valence-electron chi connectivity index (χ4n) is 1.58. The number of hydrogen-bond donors (Lipinski definition) is 0. The smallest absolute Gasteiger partial charge is 0.0216 e. The van der Waals surface area contributed by atoms with Crippen LogP contribution in [-0.2, 0) is 6.42 Å². The first-order valence-corrected chi connectivity index (χ1v) is 4.91. The minimum atomic E-state index is 0.645. The van der Waals surface area contributed by atoms with E-state index in [-0.39, 0.29) is 0 Å². The molecule has 0 heterocycles. The zero-order chi connectivity index (χ0) is 9.68. The van der Waals surface area contributed by atoms with Crippen molar-refractivity contribution in [3.05, 3.63) is 47.5 Å². The third kappa shape index (κ3) is 3.06. The molecule has 0 bridgehead atoms. The Morgan fingerprint density at radius 2 is 2.00 bits per heavy atom. The average molecular weight is 174 g/mol. The van der Waals surface area contributed by atoms with E-state index in [1.165, 1.54) is 11.1 Å². The lowest BCUT2D eigenvalue weighted by molar-refractivity contribution is 0.719. The van der Waals surface area contributed by atoms with Gasteiger partial charge in [-0.25, -0.2) is 0 Å². The fraction of sp³-hybridized carbons (Fsp3) is 0.385. The van der Waals surface area contributed by atoms with E-state index in [4.69, 9.17) is 0 Å². The molecule has 0 aliphatic rings. The monoisotopic (exact) mass is 174 g/mol. The van der Waals surface area contributed by atoms with Gasteiger partial charge in [0.2, 0.25) is 0 Å². The summed E-state index contributed by atoms with van der Waals surface area (Å²) in [5, 5.41) is 0. The molecular weight excluding hydrogens is 156 g/mol. The van der Waals surface area contributed by atoms with Gasteiger partial charge in [-0.05, 0) is 37.3 Å². The SMILES string of the molecule is CC=CC(C)Cc1ccccc1C. The van der Waals surface area contributed by atoms with Crippen LogP contribution in [0.25, 0.3) is 0 Å². The van der Waals surface area contributed by atoms with Crippen molar-refractivity contribution >= 4 is 0 Å². The van der Waals surface area contributed by atoms with Gasteiger partial charge in [0.1, 0.15) is 0 Å². The molecule has 1 aromatic rings. The van der Waals surface area contributed by atoms with Crippen molar-refractivity contribution in [2.45, 2.75) is 27.2 Å². The molecule has 1 rings (SSSR count). The molecule has 0 nitrogen and oxygen atoms in total. The van der Waals surface area contributed by atoms with E-state index >= 15 is 0 Å². The van der Waals surface area contributed by atoms with Crippen LogP contribution in [0.3, 0.4) is 0 Å². The molecule has 0 fully saturated rings. The normalized spacial score (nSPS) is 13.5. The molecule has 0 spiro atoms. The molecule has 0 N–H and O–H groups in total. The molecule has 0 amide bonds. The van der Waals surface area contributed by atoms with Crippen LogP contribution < -0.4 is 0 Å². The highest BCUT2D eigenvalue weighted by Crippen LogP contribution is 2.13. The lowest BCUT2D eigenvalue weighted by atomic mass is 9.97. The van der Waals surface area contributed by atoms with E-state index in [1.54, 1.807) is 0 Å². The van der Waals surface area contributed by atoms with Gasteiger partial charge in [-0.1, -0.05) is 43.3 Å². The molecule has 70 valence electrons. The van der Waals surface area contributed by atoms with E-state index in [1.807, 2.05) is 0 Å². The Labute approximate surface area is 81.3 Å². The summed E-state index contributed by atoms with van der Waals surface area (Å²) in [5.41, 5.74) is 2.87. The van der Waals surface area contributed by atoms with Crippen molar-refractivity contribution in [2.75, 3.05) is 0 Å². The highest BCUT2D eigenvalue weighted by atomic mass is 14.1. The molecule has 0 saturated heterocycles. The first-order valence-electron chi connectivity index (χ1n) is 4.91. The third-order valence-electron chi connectivity index (χ3n) is 2.32. The van der Waals surface area contributed by atoms with Gasteiger partial charge >= 0.3 is 0 Å². The number of benzene rings is 1. The summed E-state index contributed by atoms with van der Waals surface area (Å²) < 4.78 is 0. The zero-order valence-electron chi connectivity index (χ0n) is 8.75. The summed E-state index contributed by atoms with van der Waals surface area (Å²) in [5.74, 6) is 0.645. The second kappa shape index (κ2) is 4.86. The Balaban J connectivity index is 2.68. The predicted octanol–water partition coefficient (Wildman–Crippen LogP) is 3.75. The Hall–Kier alpha value is -1.04. The number of rotatable bonds is 3. The van der Waals surface area contributed by atoms with E-state index in [9.17, 15) is 0 Å². The molecule has 1 atom stereocenters. The standard InChI is InChI=1S/C13H18/c1-4-7-11(2)10-13-9-6-5-8-12(13)3/h4-9,11H,10H2,1-3H3. The quantitative estimate of drug-likeness (QED) is 0.612. The Kier molecular flexibility index (Phi) is 3.75. The van der Waals surface area contributed by atoms with Crippen LogP contribution in [0, 0.1) is 12.8 Å². The van der Waals surface area contributed by atoms with E-state index in [0.717, 1.165) is 6.42 Å². The number of allylic oxidation sites excluding steroid dienone is 2. The van der Waals surface area contributed by atoms with Crippen molar-refractivity contribution in [3.63, 3.8) is 0 Å². The van der Waals surface area contributed by atoms with Gasteiger partial charge in [0.05, 0.1) is 0 Å². The summed E-state index contributed by atoms with van der Waals surface area (Å²) in [6.45, 7) is 6.51. The summed E-state index contributed by atoms with van der Waals surface area (Å²) >= 11 is 0. The number of hydrogen-bond acceptors (Lipinski definition) is 0. The van der Waals surface area contributed by atoms with Crippen molar-refractivity contribution < 1.29 is 0 Å². The van der Waals surface area contributed by atoms with Gasteiger partial charge in [-0.2, -0.15) is 0 Å². The zero-order valence-corrected chi connectivity index (χ0v) is 8.75. The van der Waals surface area contributed by atoms with Crippen LogP contribution in [0.5, 0.6) is 0 Å². The second-order valence-corrected chi connectivity index (χ2v) is 3.63. The molecule has 1 unspecified atom stereocenters. The van der Waals surface area contributed by atoms with Crippen molar-refractivity contribution in [1.29, 1.82) is 0 Å². The summed E-state index contributed by atoms with van der Waals surface area (Å²) in [7, 11) is 0. The van der Waals surface area contributed by atoms with Gasteiger partial charge in [-0.15, -0.1) is 0 Å². The minimum Gasteiger partial charge on any atom is -0.0914 e. The van der Waals surface area contributed by atoms with Crippen LogP contribution in [0.15, 0.2) is 36.4 Å². The summed E-state index contributed by atoms with van der Waals surface area (Å²) in [6.07, 6.45) is 5.53. The van der Waals surface area contributed by atoms with E-state index in [0.29, 0.717) is 5.92 Å². The lowest BCUT2D eigenvalue weighted by Crippen LogP contribution is -1.97. The Morgan fingerprint density at radius 3 is 2.62 bits per heavy atom.